The third-order valence-electron chi connectivity index (χ3n) is 1.45. The average molecular weight is 238 g/mol. The van der Waals surface area contributed by atoms with Crippen LogP contribution >= 0.6 is 27.5 Å². The van der Waals surface area contributed by atoms with Crippen molar-refractivity contribution in [2.75, 3.05) is 6.61 Å². The van der Waals surface area contributed by atoms with E-state index in [4.69, 9.17) is 16.3 Å². The number of hydrogen-bond acceptors (Lipinski definition) is 1. The van der Waals surface area contributed by atoms with Gasteiger partial charge < -0.3 is 4.74 Å². The summed E-state index contributed by atoms with van der Waals surface area (Å²) < 4.78 is 6.40. The Morgan fingerprint density at radius 2 is 2.55 bits per heavy atom. The van der Waals surface area contributed by atoms with Gasteiger partial charge in [-0.2, -0.15) is 0 Å². The largest absolute Gasteiger partial charge is 0.356 e. The summed E-state index contributed by atoms with van der Waals surface area (Å²) in [4.78, 5) is 0. The molecule has 0 fully saturated rings. The summed E-state index contributed by atoms with van der Waals surface area (Å²) >= 11 is 9.42. The van der Waals surface area contributed by atoms with Gasteiger partial charge in [-0.05, 0) is 19.1 Å². The van der Waals surface area contributed by atoms with Gasteiger partial charge in [-0.3, -0.25) is 0 Å². The molecule has 62 valence electrons. The van der Waals surface area contributed by atoms with Crippen LogP contribution in [0.1, 0.15) is 13.3 Å². The quantitative estimate of drug-likeness (QED) is 0.670. The Labute approximate surface area is 80.2 Å². The fourth-order valence-corrected chi connectivity index (χ4v) is 1.47. The first-order valence-electron chi connectivity index (χ1n) is 3.54. The minimum absolute atomic E-state index is 0.605. The molecule has 1 rings (SSSR count). The number of alkyl halides is 1. The van der Waals surface area contributed by atoms with Crippen molar-refractivity contribution in [2.45, 2.75) is 18.4 Å². The predicted molar refractivity (Wildman–Crippen MR) is 51.0 cm³/mol. The fourth-order valence-electron chi connectivity index (χ4n) is 0.924. The summed E-state index contributed by atoms with van der Waals surface area (Å²) in [6.45, 7) is 2.57. The Kier molecular flexibility index (Phi) is 3.16. The molecule has 1 nitrogen and oxygen atoms in total. The molecule has 3 heteroatoms. The van der Waals surface area contributed by atoms with Crippen LogP contribution in [0.25, 0.3) is 0 Å². The van der Waals surface area contributed by atoms with E-state index in [-0.39, 0.29) is 0 Å². The molecule has 0 spiro atoms. The molecule has 1 aliphatic carbocycles. The van der Waals surface area contributed by atoms with E-state index in [9.17, 15) is 0 Å². The van der Waals surface area contributed by atoms with Crippen LogP contribution < -0.4 is 0 Å². The van der Waals surface area contributed by atoms with Gasteiger partial charge in [-0.25, -0.2) is 0 Å². The van der Waals surface area contributed by atoms with E-state index >= 15 is 0 Å². The SMILES string of the molecule is CCOC1(Cl)C=CC(Br)=CC1. The molecule has 0 N–H and O–H groups in total. The van der Waals surface area contributed by atoms with Crippen LogP contribution in [-0.4, -0.2) is 11.7 Å². The predicted octanol–water partition coefficient (Wildman–Crippen LogP) is 3.20. The summed E-state index contributed by atoms with van der Waals surface area (Å²) in [6.07, 6.45) is 6.50. The second kappa shape index (κ2) is 3.74. The summed E-state index contributed by atoms with van der Waals surface area (Å²) in [5, 5.41) is -0.605. The molecule has 0 radical (unpaired) electrons. The van der Waals surface area contributed by atoms with E-state index in [2.05, 4.69) is 15.9 Å². The maximum atomic E-state index is 6.07. The highest BCUT2D eigenvalue weighted by atomic mass is 79.9. The van der Waals surface area contributed by atoms with Crippen LogP contribution in [-0.2, 0) is 4.74 Å². The van der Waals surface area contributed by atoms with Gasteiger partial charge in [0.1, 0.15) is 0 Å². The molecule has 11 heavy (non-hydrogen) atoms. The first-order chi connectivity index (χ1) is 5.16. The Hall–Kier alpha value is 0.210. The van der Waals surface area contributed by atoms with Gasteiger partial charge in [0.2, 0.25) is 0 Å². The van der Waals surface area contributed by atoms with Gasteiger partial charge in [0.05, 0.1) is 0 Å². The Bertz CT molecular complexity index is 200. The standard InChI is InChI=1S/C8H10BrClO/c1-2-11-8(10)5-3-7(9)4-6-8/h3-5H,2,6H2,1H3. The van der Waals surface area contributed by atoms with Gasteiger partial charge in [0, 0.05) is 17.5 Å². The highest BCUT2D eigenvalue weighted by Gasteiger charge is 2.24. The van der Waals surface area contributed by atoms with Crippen LogP contribution in [0.4, 0.5) is 0 Å². The smallest absolute Gasteiger partial charge is 0.164 e. The lowest BCUT2D eigenvalue weighted by Crippen LogP contribution is -2.23. The Morgan fingerprint density at radius 3 is 3.00 bits per heavy atom. The van der Waals surface area contributed by atoms with Crippen LogP contribution in [0.2, 0.25) is 0 Å². The van der Waals surface area contributed by atoms with Gasteiger partial charge in [0.25, 0.3) is 0 Å². The molecular formula is C8H10BrClO. The normalized spacial score (nSPS) is 30.3. The second-order valence-corrected chi connectivity index (χ2v) is 3.90. The van der Waals surface area contributed by atoms with Crippen molar-refractivity contribution >= 4 is 27.5 Å². The lowest BCUT2D eigenvalue weighted by molar-refractivity contribution is 0.0650. The maximum Gasteiger partial charge on any atom is 0.164 e. The van der Waals surface area contributed by atoms with Crippen molar-refractivity contribution in [3.8, 4) is 0 Å². The number of allylic oxidation sites excluding steroid dienone is 2. The number of halogens is 2. The van der Waals surface area contributed by atoms with E-state index in [1.807, 2.05) is 25.2 Å². The molecule has 0 bridgehead atoms. The fraction of sp³-hybridized carbons (Fsp3) is 0.500. The van der Waals surface area contributed by atoms with Crippen molar-refractivity contribution < 1.29 is 4.74 Å². The molecule has 0 heterocycles. The Balaban J connectivity index is 2.58. The van der Waals surface area contributed by atoms with E-state index in [0.717, 1.165) is 10.9 Å². The van der Waals surface area contributed by atoms with Crippen LogP contribution in [0, 0.1) is 0 Å². The molecule has 0 amide bonds. The molecule has 0 aromatic carbocycles. The zero-order chi connectivity index (χ0) is 8.32. The van der Waals surface area contributed by atoms with Crippen LogP contribution in [0.5, 0.6) is 0 Å². The molecule has 0 aromatic heterocycles. The molecule has 0 aliphatic heterocycles. The van der Waals surface area contributed by atoms with Gasteiger partial charge in [-0.15, -0.1) is 0 Å². The van der Waals surface area contributed by atoms with Crippen molar-refractivity contribution in [3.05, 3.63) is 22.7 Å². The molecule has 1 atom stereocenters. The molecule has 1 aliphatic rings. The van der Waals surface area contributed by atoms with Crippen LogP contribution in [0.3, 0.4) is 0 Å². The third-order valence-corrected chi connectivity index (χ3v) is 2.43. The molecule has 0 aromatic rings. The number of rotatable bonds is 2. The van der Waals surface area contributed by atoms with Gasteiger partial charge >= 0.3 is 0 Å². The van der Waals surface area contributed by atoms with Crippen molar-refractivity contribution in [1.82, 2.24) is 0 Å². The Morgan fingerprint density at radius 1 is 1.82 bits per heavy atom. The second-order valence-electron chi connectivity index (χ2n) is 2.35. The summed E-state index contributed by atoms with van der Waals surface area (Å²) in [5.74, 6) is 0. The third kappa shape index (κ3) is 2.62. The lowest BCUT2D eigenvalue weighted by Gasteiger charge is -2.24. The highest BCUT2D eigenvalue weighted by Crippen LogP contribution is 2.30. The lowest BCUT2D eigenvalue weighted by atomic mass is 10.1. The summed E-state index contributed by atoms with van der Waals surface area (Å²) in [7, 11) is 0. The topological polar surface area (TPSA) is 9.23 Å². The van der Waals surface area contributed by atoms with Gasteiger partial charge in [-0.1, -0.05) is 33.6 Å². The zero-order valence-corrected chi connectivity index (χ0v) is 8.65. The minimum Gasteiger partial charge on any atom is -0.356 e. The maximum absolute atomic E-state index is 6.07. The summed E-state index contributed by atoms with van der Waals surface area (Å²) in [5.41, 5.74) is 0. The molecular weight excluding hydrogens is 227 g/mol. The summed E-state index contributed by atoms with van der Waals surface area (Å²) in [6, 6.07) is 0. The highest BCUT2D eigenvalue weighted by molar-refractivity contribution is 9.11. The number of hydrogen-bond donors (Lipinski definition) is 0. The minimum atomic E-state index is -0.605. The average Bonchev–Trinajstić information content (AvgIpc) is 1.97. The van der Waals surface area contributed by atoms with Crippen molar-refractivity contribution in [2.24, 2.45) is 0 Å². The van der Waals surface area contributed by atoms with E-state index in [0.29, 0.717) is 6.61 Å². The molecule has 0 saturated heterocycles. The van der Waals surface area contributed by atoms with E-state index in [1.165, 1.54) is 0 Å². The monoisotopic (exact) mass is 236 g/mol. The first kappa shape index (κ1) is 9.30. The van der Waals surface area contributed by atoms with Crippen molar-refractivity contribution in [3.63, 3.8) is 0 Å². The van der Waals surface area contributed by atoms with E-state index in [1.54, 1.807) is 0 Å². The molecule has 1 unspecified atom stereocenters. The number of ether oxygens (including phenoxy) is 1. The zero-order valence-electron chi connectivity index (χ0n) is 6.31. The molecule has 0 saturated carbocycles. The van der Waals surface area contributed by atoms with E-state index < -0.39 is 5.06 Å². The first-order valence-corrected chi connectivity index (χ1v) is 4.71. The van der Waals surface area contributed by atoms with Crippen molar-refractivity contribution in [1.29, 1.82) is 0 Å². The van der Waals surface area contributed by atoms with Gasteiger partial charge in [0.15, 0.2) is 5.06 Å². The van der Waals surface area contributed by atoms with Crippen LogP contribution in [0.15, 0.2) is 22.7 Å².